The lowest BCUT2D eigenvalue weighted by atomic mass is 9.66. The van der Waals surface area contributed by atoms with Crippen LogP contribution in [0.2, 0.25) is 0 Å². The maximum absolute atomic E-state index is 11.7. The van der Waals surface area contributed by atoms with Crippen molar-refractivity contribution in [3.63, 3.8) is 0 Å². The Balaban J connectivity index is 1.69. The number of thioether (sulfide) groups is 1. The summed E-state index contributed by atoms with van der Waals surface area (Å²) in [7, 11) is 0. The number of carboxylic acid groups (broad SMARTS) is 1. The van der Waals surface area contributed by atoms with Crippen LogP contribution in [0, 0.1) is 5.41 Å². The van der Waals surface area contributed by atoms with E-state index in [1.165, 1.54) is 0 Å². The number of carbonyl (C=O) groups is 2. The van der Waals surface area contributed by atoms with Crippen molar-refractivity contribution >= 4 is 23.8 Å². The zero-order valence-electron chi connectivity index (χ0n) is 11.3. The van der Waals surface area contributed by atoms with Crippen molar-refractivity contribution in [1.82, 2.24) is 10.6 Å². The van der Waals surface area contributed by atoms with Gasteiger partial charge in [-0.1, -0.05) is 6.42 Å². The average molecular weight is 286 g/mol. The van der Waals surface area contributed by atoms with E-state index in [1.54, 1.807) is 0 Å². The maximum Gasteiger partial charge on any atom is 0.314 e. The Morgan fingerprint density at radius 1 is 1.16 bits per heavy atom. The molecular formula is C13H22N2O3S. The Hall–Kier alpha value is -0.910. The van der Waals surface area contributed by atoms with Gasteiger partial charge < -0.3 is 15.7 Å². The summed E-state index contributed by atoms with van der Waals surface area (Å²) >= 11 is 1.81. The molecule has 0 spiro atoms. The van der Waals surface area contributed by atoms with E-state index in [2.05, 4.69) is 16.9 Å². The van der Waals surface area contributed by atoms with E-state index in [0.29, 0.717) is 13.1 Å². The Kier molecular flexibility index (Phi) is 4.28. The standard InChI is InChI=1S/C13H22N2O3S/c1-19-13(5-6-13)9-15-11(18)14-8-12(3-2-4-12)7-10(16)17/h2-9H2,1H3,(H,16,17)(H2,14,15,18). The highest BCUT2D eigenvalue weighted by Crippen LogP contribution is 2.46. The topological polar surface area (TPSA) is 78.4 Å². The molecule has 108 valence electrons. The van der Waals surface area contributed by atoms with Crippen LogP contribution in [0.3, 0.4) is 0 Å². The van der Waals surface area contributed by atoms with Crippen LogP contribution in [-0.4, -0.2) is 41.2 Å². The minimum absolute atomic E-state index is 0.155. The zero-order valence-corrected chi connectivity index (χ0v) is 12.1. The normalized spacial score (nSPS) is 22.2. The van der Waals surface area contributed by atoms with Crippen LogP contribution < -0.4 is 10.6 Å². The number of nitrogens with one attached hydrogen (secondary N) is 2. The Morgan fingerprint density at radius 3 is 2.21 bits per heavy atom. The molecule has 2 fully saturated rings. The van der Waals surface area contributed by atoms with Crippen LogP contribution in [0.25, 0.3) is 0 Å². The van der Waals surface area contributed by atoms with Crippen LogP contribution >= 0.6 is 11.8 Å². The summed E-state index contributed by atoms with van der Waals surface area (Å²) in [5.41, 5.74) is -0.208. The summed E-state index contributed by atoms with van der Waals surface area (Å²) in [5, 5.41) is 14.6. The molecule has 6 heteroatoms. The molecule has 2 aliphatic carbocycles. The molecule has 2 aliphatic rings. The number of carboxylic acids is 1. The fourth-order valence-corrected chi connectivity index (χ4v) is 3.30. The number of carbonyl (C=O) groups excluding carboxylic acids is 1. The van der Waals surface area contributed by atoms with Gasteiger partial charge in [-0.3, -0.25) is 4.79 Å². The van der Waals surface area contributed by atoms with Crippen LogP contribution in [0.1, 0.15) is 38.5 Å². The second-order valence-corrected chi connectivity index (χ2v) is 7.12. The van der Waals surface area contributed by atoms with Gasteiger partial charge >= 0.3 is 12.0 Å². The van der Waals surface area contributed by atoms with Gasteiger partial charge in [0, 0.05) is 17.8 Å². The summed E-state index contributed by atoms with van der Waals surface area (Å²) in [6, 6.07) is -0.169. The molecule has 0 aromatic rings. The molecule has 2 rings (SSSR count). The third-order valence-corrected chi connectivity index (χ3v) is 5.79. The summed E-state index contributed by atoms with van der Waals surface area (Å²) < 4.78 is 0.257. The molecule has 2 saturated carbocycles. The number of aliphatic carboxylic acids is 1. The second kappa shape index (κ2) is 5.61. The predicted molar refractivity (Wildman–Crippen MR) is 75.4 cm³/mol. The highest BCUT2D eigenvalue weighted by Gasteiger charge is 2.42. The highest BCUT2D eigenvalue weighted by atomic mass is 32.2. The first-order valence-corrected chi connectivity index (χ1v) is 8.00. The molecule has 5 nitrogen and oxygen atoms in total. The lowest BCUT2D eigenvalue weighted by Crippen LogP contribution is -2.47. The molecule has 0 aromatic carbocycles. The van der Waals surface area contributed by atoms with Crippen molar-refractivity contribution in [3.8, 4) is 0 Å². The molecule has 0 bridgehead atoms. The van der Waals surface area contributed by atoms with Gasteiger partial charge in [0.05, 0.1) is 6.42 Å². The van der Waals surface area contributed by atoms with Gasteiger partial charge in [-0.05, 0) is 37.4 Å². The monoisotopic (exact) mass is 286 g/mol. The molecule has 0 aromatic heterocycles. The highest BCUT2D eigenvalue weighted by molar-refractivity contribution is 8.00. The Bertz CT molecular complexity index is 365. The third kappa shape index (κ3) is 3.78. The van der Waals surface area contributed by atoms with Crippen molar-refractivity contribution in [2.24, 2.45) is 5.41 Å². The second-order valence-electron chi connectivity index (χ2n) is 5.85. The summed E-state index contributed by atoms with van der Waals surface area (Å²) in [6.07, 6.45) is 7.41. The fourth-order valence-electron chi connectivity index (χ4n) is 2.58. The first-order valence-electron chi connectivity index (χ1n) is 6.78. The van der Waals surface area contributed by atoms with Crippen molar-refractivity contribution in [3.05, 3.63) is 0 Å². The third-order valence-electron chi connectivity index (χ3n) is 4.38. The van der Waals surface area contributed by atoms with E-state index in [-0.39, 0.29) is 22.6 Å². The SMILES string of the molecule is CSC1(CNC(=O)NCC2(CC(=O)O)CCC2)CC1. The molecular weight excluding hydrogens is 264 g/mol. The first kappa shape index (κ1) is 14.5. The lowest BCUT2D eigenvalue weighted by Gasteiger charge is -2.40. The van der Waals surface area contributed by atoms with Gasteiger partial charge in [-0.25, -0.2) is 4.79 Å². The molecule has 0 saturated heterocycles. The van der Waals surface area contributed by atoms with Crippen molar-refractivity contribution in [2.75, 3.05) is 19.3 Å². The van der Waals surface area contributed by atoms with Gasteiger partial charge in [0.25, 0.3) is 0 Å². The van der Waals surface area contributed by atoms with Crippen molar-refractivity contribution < 1.29 is 14.7 Å². The molecule has 2 amide bonds. The molecule has 0 atom stereocenters. The van der Waals surface area contributed by atoms with Gasteiger partial charge in [-0.15, -0.1) is 0 Å². The lowest BCUT2D eigenvalue weighted by molar-refractivity contribution is -0.141. The van der Waals surface area contributed by atoms with Gasteiger partial charge in [-0.2, -0.15) is 11.8 Å². The largest absolute Gasteiger partial charge is 0.481 e. The van der Waals surface area contributed by atoms with Crippen LogP contribution in [0.15, 0.2) is 0 Å². The number of hydrogen-bond donors (Lipinski definition) is 3. The average Bonchev–Trinajstić information content (AvgIpc) is 3.10. The van der Waals surface area contributed by atoms with Gasteiger partial charge in [0.1, 0.15) is 0 Å². The minimum Gasteiger partial charge on any atom is -0.481 e. The number of amides is 2. The van der Waals surface area contributed by atoms with Crippen LogP contribution in [0.5, 0.6) is 0 Å². The number of hydrogen-bond acceptors (Lipinski definition) is 3. The predicted octanol–water partition coefficient (Wildman–Crippen LogP) is 1.83. The molecule has 0 heterocycles. The van der Waals surface area contributed by atoms with Gasteiger partial charge in [0.15, 0.2) is 0 Å². The van der Waals surface area contributed by atoms with E-state index in [9.17, 15) is 9.59 Å². The first-order chi connectivity index (χ1) is 8.99. The van der Waals surface area contributed by atoms with Crippen molar-refractivity contribution in [2.45, 2.75) is 43.3 Å². The number of urea groups is 1. The Morgan fingerprint density at radius 2 is 1.79 bits per heavy atom. The van der Waals surface area contributed by atoms with Crippen molar-refractivity contribution in [1.29, 1.82) is 0 Å². The zero-order chi connectivity index (χ0) is 13.9. The quantitative estimate of drug-likeness (QED) is 0.667. The van der Waals surface area contributed by atoms with E-state index >= 15 is 0 Å². The maximum atomic E-state index is 11.7. The van der Waals surface area contributed by atoms with E-state index in [1.807, 2.05) is 11.8 Å². The molecule has 0 radical (unpaired) electrons. The van der Waals surface area contributed by atoms with Crippen LogP contribution in [0.4, 0.5) is 4.79 Å². The molecule has 0 unspecified atom stereocenters. The number of rotatable bonds is 7. The molecule has 19 heavy (non-hydrogen) atoms. The van der Waals surface area contributed by atoms with E-state index < -0.39 is 5.97 Å². The minimum atomic E-state index is -0.777. The van der Waals surface area contributed by atoms with Gasteiger partial charge in [0.2, 0.25) is 0 Å². The summed E-state index contributed by atoms with van der Waals surface area (Å²) in [6.45, 7) is 1.17. The molecule has 0 aliphatic heterocycles. The fraction of sp³-hybridized carbons (Fsp3) is 0.846. The van der Waals surface area contributed by atoms with Crippen LogP contribution in [-0.2, 0) is 4.79 Å². The van der Waals surface area contributed by atoms with E-state index in [0.717, 1.165) is 32.1 Å². The van der Waals surface area contributed by atoms with E-state index in [4.69, 9.17) is 5.11 Å². The Labute approximate surface area is 117 Å². The summed E-state index contributed by atoms with van der Waals surface area (Å²) in [4.78, 5) is 22.6. The molecule has 3 N–H and O–H groups in total. The smallest absolute Gasteiger partial charge is 0.314 e. The summed E-state index contributed by atoms with van der Waals surface area (Å²) in [5.74, 6) is -0.777.